The molecule has 0 saturated heterocycles. The predicted molar refractivity (Wildman–Crippen MR) is 96.1 cm³/mol. The Hall–Kier alpha value is -1.60. The highest BCUT2D eigenvalue weighted by atomic mass is 32.2. The van der Waals surface area contributed by atoms with Crippen LogP contribution in [0.25, 0.3) is 0 Å². The number of hydrogen-bond donors (Lipinski definition) is 3. The van der Waals surface area contributed by atoms with Crippen LogP contribution in [0.4, 0.5) is 5.69 Å². The van der Waals surface area contributed by atoms with E-state index in [-0.39, 0.29) is 22.5 Å². The fourth-order valence-corrected chi connectivity index (χ4v) is 3.89. The van der Waals surface area contributed by atoms with Crippen LogP contribution in [-0.2, 0) is 10.0 Å². The maximum Gasteiger partial charge on any atom is 0.337 e. The molecule has 0 aliphatic carbocycles. The highest BCUT2D eigenvalue weighted by Crippen LogP contribution is 2.22. The summed E-state index contributed by atoms with van der Waals surface area (Å²) < 4.78 is 27.4. The van der Waals surface area contributed by atoms with E-state index in [0.29, 0.717) is 5.69 Å². The average Bonchev–Trinajstić information content (AvgIpc) is 2.47. The van der Waals surface area contributed by atoms with Crippen molar-refractivity contribution in [2.45, 2.75) is 70.4 Å². The predicted octanol–water partition coefficient (Wildman–Crippen LogP) is 3.45. The van der Waals surface area contributed by atoms with E-state index >= 15 is 0 Å². The minimum Gasteiger partial charge on any atom is -0.478 e. The zero-order valence-corrected chi connectivity index (χ0v) is 15.6. The average molecular weight is 356 g/mol. The van der Waals surface area contributed by atoms with Gasteiger partial charge in [0, 0.05) is 17.8 Å². The summed E-state index contributed by atoms with van der Waals surface area (Å²) in [5.41, 5.74) is 0.396. The molecule has 2 atom stereocenters. The first kappa shape index (κ1) is 20.4. The van der Waals surface area contributed by atoms with E-state index in [0.717, 1.165) is 25.7 Å². The largest absolute Gasteiger partial charge is 0.478 e. The Bertz CT molecular complexity index is 659. The quantitative estimate of drug-likeness (QED) is 0.597. The minimum absolute atomic E-state index is 0.0310. The van der Waals surface area contributed by atoms with Gasteiger partial charge in [-0.2, -0.15) is 0 Å². The molecule has 1 rings (SSSR count). The van der Waals surface area contributed by atoms with E-state index in [9.17, 15) is 18.3 Å². The van der Waals surface area contributed by atoms with Crippen molar-refractivity contribution < 1.29 is 18.3 Å². The molecular weight excluding hydrogens is 328 g/mol. The highest BCUT2D eigenvalue weighted by Gasteiger charge is 2.21. The molecule has 0 aliphatic rings. The Kier molecular flexibility index (Phi) is 7.69. The molecule has 24 heavy (non-hydrogen) atoms. The van der Waals surface area contributed by atoms with Crippen molar-refractivity contribution in [3.8, 4) is 0 Å². The summed E-state index contributed by atoms with van der Waals surface area (Å²) in [4.78, 5) is 11.5. The van der Waals surface area contributed by atoms with E-state index < -0.39 is 16.0 Å². The van der Waals surface area contributed by atoms with Gasteiger partial charge in [0.1, 0.15) is 0 Å². The number of hydrogen-bond acceptors (Lipinski definition) is 4. The third-order valence-corrected chi connectivity index (χ3v) is 5.32. The molecule has 7 heteroatoms. The van der Waals surface area contributed by atoms with Gasteiger partial charge in [0.05, 0.1) is 10.5 Å². The summed E-state index contributed by atoms with van der Waals surface area (Å²) in [6, 6.07) is 4.09. The third kappa shape index (κ3) is 5.79. The second kappa shape index (κ2) is 9.03. The first-order valence-electron chi connectivity index (χ1n) is 8.37. The number of sulfonamides is 1. The normalized spacial score (nSPS) is 14.2. The van der Waals surface area contributed by atoms with E-state index in [1.165, 1.54) is 18.2 Å². The zero-order chi connectivity index (χ0) is 18.3. The summed E-state index contributed by atoms with van der Waals surface area (Å²) >= 11 is 0. The number of carboxylic acids is 1. The van der Waals surface area contributed by atoms with Crippen LogP contribution in [0.15, 0.2) is 23.1 Å². The van der Waals surface area contributed by atoms with Crippen LogP contribution in [0, 0.1) is 0 Å². The van der Waals surface area contributed by atoms with Crippen molar-refractivity contribution in [3.63, 3.8) is 0 Å². The number of nitrogens with one attached hydrogen (secondary N) is 2. The Labute approximate surface area is 144 Å². The lowest BCUT2D eigenvalue weighted by molar-refractivity contribution is 0.0697. The first-order chi connectivity index (χ1) is 11.2. The van der Waals surface area contributed by atoms with E-state index in [2.05, 4.69) is 17.0 Å². The highest BCUT2D eigenvalue weighted by molar-refractivity contribution is 7.89. The van der Waals surface area contributed by atoms with Crippen molar-refractivity contribution in [3.05, 3.63) is 23.8 Å². The molecule has 0 heterocycles. The van der Waals surface area contributed by atoms with Crippen molar-refractivity contribution in [2.24, 2.45) is 0 Å². The number of carbonyl (C=O) groups is 1. The number of aromatic carboxylic acids is 1. The van der Waals surface area contributed by atoms with Crippen LogP contribution in [0.1, 0.15) is 63.7 Å². The molecule has 0 spiro atoms. The van der Waals surface area contributed by atoms with Crippen LogP contribution in [0.5, 0.6) is 0 Å². The fraction of sp³-hybridized carbons (Fsp3) is 0.588. The van der Waals surface area contributed by atoms with Gasteiger partial charge >= 0.3 is 5.97 Å². The third-order valence-electron chi connectivity index (χ3n) is 3.73. The lowest BCUT2D eigenvalue weighted by atomic mass is 10.1. The maximum absolute atomic E-state index is 12.4. The van der Waals surface area contributed by atoms with Gasteiger partial charge in [0.2, 0.25) is 10.0 Å². The molecule has 6 nitrogen and oxygen atoms in total. The van der Waals surface area contributed by atoms with Gasteiger partial charge in [-0.25, -0.2) is 17.9 Å². The molecule has 0 fully saturated rings. The Morgan fingerprint density at radius 2 is 1.71 bits per heavy atom. The van der Waals surface area contributed by atoms with Crippen LogP contribution in [-0.4, -0.2) is 31.6 Å². The molecule has 3 N–H and O–H groups in total. The molecular formula is C17H28N2O4S. The number of rotatable bonds is 10. The minimum atomic E-state index is -3.73. The molecule has 0 aliphatic heterocycles. The van der Waals surface area contributed by atoms with Gasteiger partial charge in [-0.3, -0.25) is 0 Å². The van der Waals surface area contributed by atoms with Gasteiger partial charge in [0.15, 0.2) is 0 Å². The van der Waals surface area contributed by atoms with Crippen molar-refractivity contribution in [1.82, 2.24) is 4.72 Å². The number of anilines is 1. The van der Waals surface area contributed by atoms with Crippen molar-refractivity contribution in [1.29, 1.82) is 0 Å². The van der Waals surface area contributed by atoms with Gasteiger partial charge in [-0.15, -0.1) is 0 Å². The molecule has 0 amide bonds. The molecule has 0 aromatic heterocycles. The van der Waals surface area contributed by atoms with Crippen LogP contribution in [0.3, 0.4) is 0 Å². The molecule has 0 unspecified atom stereocenters. The maximum atomic E-state index is 12.4. The molecule has 1 aromatic carbocycles. The summed E-state index contributed by atoms with van der Waals surface area (Å²) in [5, 5.41) is 12.5. The second-order valence-corrected chi connectivity index (χ2v) is 7.87. The van der Waals surface area contributed by atoms with Crippen LogP contribution in [0.2, 0.25) is 0 Å². The van der Waals surface area contributed by atoms with Gasteiger partial charge in [-0.05, 0) is 44.9 Å². The standard InChI is InChI=1S/C17H28N2O4S/c1-5-7-12(3)18-16-10-9-14(11-15(16)17(20)21)24(22,23)19-13(4)8-6-2/h9-13,18-19H,5-8H2,1-4H3,(H,20,21)/t12-,13+/m1/s1. The SMILES string of the molecule is CCC[C@@H](C)Nc1ccc(S(=O)(=O)N[C@@H](C)CCC)cc1C(=O)O. The Balaban J connectivity index is 3.11. The molecule has 0 radical (unpaired) electrons. The zero-order valence-electron chi connectivity index (χ0n) is 14.8. The molecule has 136 valence electrons. The molecule has 0 bridgehead atoms. The molecule has 1 aromatic rings. The van der Waals surface area contributed by atoms with Crippen LogP contribution < -0.4 is 10.0 Å². The monoisotopic (exact) mass is 356 g/mol. The van der Waals surface area contributed by atoms with Crippen LogP contribution >= 0.6 is 0 Å². The van der Waals surface area contributed by atoms with Gasteiger partial charge in [0.25, 0.3) is 0 Å². The lowest BCUT2D eigenvalue weighted by Crippen LogP contribution is -2.32. The van der Waals surface area contributed by atoms with E-state index in [1.54, 1.807) is 6.92 Å². The summed E-state index contributed by atoms with van der Waals surface area (Å²) in [6.45, 7) is 7.79. The van der Waals surface area contributed by atoms with E-state index in [1.807, 2.05) is 13.8 Å². The fourth-order valence-electron chi connectivity index (χ4n) is 2.59. The van der Waals surface area contributed by atoms with Crippen molar-refractivity contribution in [2.75, 3.05) is 5.32 Å². The smallest absolute Gasteiger partial charge is 0.337 e. The summed E-state index contributed by atoms with van der Waals surface area (Å²) in [7, 11) is -3.73. The number of benzene rings is 1. The van der Waals surface area contributed by atoms with Crippen molar-refractivity contribution >= 4 is 21.7 Å². The summed E-state index contributed by atoms with van der Waals surface area (Å²) in [6.07, 6.45) is 3.46. The second-order valence-electron chi connectivity index (χ2n) is 6.16. The van der Waals surface area contributed by atoms with E-state index in [4.69, 9.17) is 0 Å². The number of carboxylic acid groups (broad SMARTS) is 1. The Morgan fingerprint density at radius 1 is 1.12 bits per heavy atom. The Morgan fingerprint density at radius 3 is 2.25 bits per heavy atom. The summed E-state index contributed by atoms with van der Waals surface area (Å²) in [5.74, 6) is -1.15. The van der Waals surface area contributed by atoms with Gasteiger partial charge in [-0.1, -0.05) is 26.7 Å². The molecule has 0 saturated carbocycles. The topological polar surface area (TPSA) is 95.5 Å². The first-order valence-corrected chi connectivity index (χ1v) is 9.85. The van der Waals surface area contributed by atoms with Gasteiger partial charge < -0.3 is 10.4 Å². The lowest BCUT2D eigenvalue weighted by Gasteiger charge is -2.18.